The molecule has 0 spiro atoms. The molecule has 1 aromatic rings. The van der Waals surface area contributed by atoms with Crippen molar-refractivity contribution in [3.63, 3.8) is 0 Å². The first-order chi connectivity index (χ1) is 9.07. The van der Waals surface area contributed by atoms with Gasteiger partial charge in [0.1, 0.15) is 5.82 Å². The largest absolute Gasteiger partial charge is 0.372 e. The molecule has 2 N–H and O–H groups in total. The topological polar surface area (TPSA) is 70.2 Å². The Hall–Kier alpha value is -1.69. The van der Waals surface area contributed by atoms with E-state index in [9.17, 15) is 4.79 Å². The van der Waals surface area contributed by atoms with E-state index in [1.54, 1.807) is 19.4 Å². The highest BCUT2D eigenvalue weighted by atomic mass is 16.2. The van der Waals surface area contributed by atoms with E-state index in [-0.39, 0.29) is 11.3 Å². The van der Waals surface area contributed by atoms with Gasteiger partial charge in [-0.1, -0.05) is 0 Å². The summed E-state index contributed by atoms with van der Waals surface area (Å²) in [6.07, 6.45) is 4.39. The van der Waals surface area contributed by atoms with Gasteiger partial charge in [-0.15, -0.1) is 0 Å². The van der Waals surface area contributed by atoms with Gasteiger partial charge in [0, 0.05) is 27.2 Å². The van der Waals surface area contributed by atoms with Crippen molar-refractivity contribution in [1.82, 2.24) is 20.2 Å². The van der Waals surface area contributed by atoms with E-state index >= 15 is 0 Å². The van der Waals surface area contributed by atoms with Crippen molar-refractivity contribution in [3.05, 3.63) is 18.1 Å². The van der Waals surface area contributed by atoms with Crippen LogP contribution in [0.15, 0.2) is 12.4 Å². The van der Waals surface area contributed by atoms with Gasteiger partial charge in [0.25, 0.3) is 0 Å². The molecule has 104 valence electrons. The van der Waals surface area contributed by atoms with E-state index in [1.165, 1.54) is 0 Å². The lowest BCUT2D eigenvalue weighted by atomic mass is 9.89. The molecule has 0 bridgehead atoms. The Balaban J connectivity index is 1.96. The van der Waals surface area contributed by atoms with Crippen LogP contribution in [-0.4, -0.2) is 48.0 Å². The van der Waals surface area contributed by atoms with Crippen molar-refractivity contribution in [2.24, 2.45) is 5.41 Å². The Kier molecular flexibility index (Phi) is 3.99. The molecule has 1 fully saturated rings. The van der Waals surface area contributed by atoms with Crippen molar-refractivity contribution in [2.75, 3.05) is 32.5 Å². The molecular weight excluding hydrogens is 242 g/mol. The molecule has 1 atom stereocenters. The molecular formula is C13H21N5O. The molecule has 1 unspecified atom stereocenters. The summed E-state index contributed by atoms with van der Waals surface area (Å²) in [5, 5.41) is 5.69. The van der Waals surface area contributed by atoms with Crippen LogP contribution in [-0.2, 0) is 11.3 Å². The highest BCUT2D eigenvalue weighted by Gasteiger charge is 2.39. The number of carbonyl (C=O) groups is 1. The van der Waals surface area contributed by atoms with Gasteiger partial charge in [-0.05, 0) is 19.9 Å². The van der Waals surface area contributed by atoms with E-state index in [1.807, 2.05) is 14.0 Å². The molecule has 6 nitrogen and oxygen atoms in total. The predicted octanol–water partition coefficient (Wildman–Crippen LogP) is 0.476. The standard InChI is InChI=1S/C13H21N5O/c1-13(12(19)15-3)4-5-18(9-13)8-10-6-17-11(14-2)7-16-10/h6-7H,4-5,8-9H2,1-3H3,(H,14,17)(H,15,19). The maximum absolute atomic E-state index is 11.8. The number of aromatic nitrogens is 2. The van der Waals surface area contributed by atoms with E-state index in [0.717, 1.165) is 37.6 Å². The average molecular weight is 263 g/mol. The fourth-order valence-corrected chi connectivity index (χ4v) is 2.47. The number of likely N-dealkylation sites (tertiary alicyclic amines) is 1. The second-order valence-electron chi connectivity index (χ2n) is 5.24. The fraction of sp³-hybridized carbons (Fsp3) is 0.615. The van der Waals surface area contributed by atoms with Crippen LogP contribution in [0.5, 0.6) is 0 Å². The molecule has 0 aromatic carbocycles. The first-order valence-corrected chi connectivity index (χ1v) is 6.50. The van der Waals surface area contributed by atoms with Crippen LogP contribution in [0.1, 0.15) is 19.0 Å². The van der Waals surface area contributed by atoms with Gasteiger partial charge in [-0.25, -0.2) is 4.98 Å². The second-order valence-corrected chi connectivity index (χ2v) is 5.24. The van der Waals surface area contributed by atoms with Crippen molar-refractivity contribution >= 4 is 11.7 Å². The average Bonchev–Trinajstić information content (AvgIpc) is 2.81. The molecule has 1 aromatic heterocycles. The number of amides is 1. The fourth-order valence-electron chi connectivity index (χ4n) is 2.47. The zero-order valence-electron chi connectivity index (χ0n) is 11.7. The zero-order valence-corrected chi connectivity index (χ0v) is 11.7. The van der Waals surface area contributed by atoms with E-state index in [4.69, 9.17) is 0 Å². The molecule has 0 saturated carbocycles. The monoisotopic (exact) mass is 263 g/mol. The number of rotatable bonds is 4. The number of nitrogens with one attached hydrogen (secondary N) is 2. The van der Waals surface area contributed by atoms with Gasteiger partial charge in [0.2, 0.25) is 5.91 Å². The third-order valence-electron chi connectivity index (χ3n) is 3.67. The van der Waals surface area contributed by atoms with Crippen LogP contribution in [0.2, 0.25) is 0 Å². The molecule has 1 saturated heterocycles. The molecule has 0 radical (unpaired) electrons. The Morgan fingerprint density at radius 3 is 2.79 bits per heavy atom. The summed E-state index contributed by atoms with van der Waals surface area (Å²) in [5.74, 6) is 0.881. The van der Waals surface area contributed by atoms with Crippen molar-refractivity contribution < 1.29 is 4.79 Å². The summed E-state index contributed by atoms with van der Waals surface area (Å²) in [4.78, 5) is 22.7. The normalized spacial score (nSPS) is 23.3. The lowest BCUT2D eigenvalue weighted by molar-refractivity contribution is -0.129. The first kappa shape index (κ1) is 13.7. The number of hydrogen-bond donors (Lipinski definition) is 2. The van der Waals surface area contributed by atoms with E-state index in [2.05, 4.69) is 25.5 Å². The third-order valence-corrected chi connectivity index (χ3v) is 3.67. The van der Waals surface area contributed by atoms with Crippen molar-refractivity contribution in [2.45, 2.75) is 19.9 Å². The van der Waals surface area contributed by atoms with Crippen LogP contribution in [0, 0.1) is 5.41 Å². The molecule has 2 rings (SSSR count). The third kappa shape index (κ3) is 3.01. The minimum Gasteiger partial charge on any atom is -0.372 e. The first-order valence-electron chi connectivity index (χ1n) is 6.50. The summed E-state index contributed by atoms with van der Waals surface area (Å²) in [6.45, 7) is 4.44. The van der Waals surface area contributed by atoms with Crippen molar-refractivity contribution in [3.8, 4) is 0 Å². The smallest absolute Gasteiger partial charge is 0.227 e. The molecule has 19 heavy (non-hydrogen) atoms. The number of hydrogen-bond acceptors (Lipinski definition) is 5. The van der Waals surface area contributed by atoms with Crippen LogP contribution in [0.3, 0.4) is 0 Å². The molecule has 6 heteroatoms. The Morgan fingerprint density at radius 2 is 2.21 bits per heavy atom. The highest BCUT2D eigenvalue weighted by Crippen LogP contribution is 2.30. The number of anilines is 1. The summed E-state index contributed by atoms with van der Waals surface area (Å²) < 4.78 is 0. The molecule has 2 heterocycles. The number of nitrogens with zero attached hydrogens (tertiary/aromatic N) is 3. The lowest BCUT2D eigenvalue weighted by Crippen LogP contribution is -2.39. The maximum atomic E-state index is 11.8. The Bertz CT molecular complexity index is 447. The predicted molar refractivity (Wildman–Crippen MR) is 73.6 cm³/mol. The van der Waals surface area contributed by atoms with E-state index in [0.29, 0.717) is 0 Å². The minimum atomic E-state index is -0.285. The summed E-state index contributed by atoms with van der Waals surface area (Å²) in [7, 11) is 3.51. The quantitative estimate of drug-likeness (QED) is 0.826. The van der Waals surface area contributed by atoms with Gasteiger partial charge in [-0.2, -0.15) is 0 Å². The van der Waals surface area contributed by atoms with Gasteiger partial charge < -0.3 is 10.6 Å². The SMILES string of the molecule is CNC(=O)C1(C)CCN(Cc2cnc(NC)cn2)C1. The molecule has 1 amide bonds. The summed E-state index contributed by atoms with van der Waals surface area (Å²) in [6, 6.07) is 0. The minimum absolute atomic E-state index is 0.117. The molecule has 1 aliphatic heterocycles. The van der Waals surface area contributed by atoms with Gasteiger partial charge in [0.05, 0.1) is 23.5 Å². The Labute approximate surface area is 113 Å². The van der Waals surface area contributed by atoms with Gasteiger partial charge in [0.15, 0.2) is 0 Å². The van der Waals surface area contributed by atoms with Crippen LogP contribution in [0.4, 0.5) is 5.82 Å². The molecule has 1 aliphatic rings. The number of carbonyl (C=O) groups excluding carboxylic acids is 1. The second kappa shape index (κ2) is 5.52. The van der Waals surface area contributed by atoms with Gasteiger partial charge in [-0.3, -0.25) is 14.7 Å². The van der Waals surface area contributed by atoms with Gasteiger partial charge >= 0.3 is 0 Å². The van der Waals surface area contributed by atoms with Crippen LogP contribution >= 0.6 is 0 Å². The summed E-state index contributed by atoms with van der Waals surface area (Å²) >= 11 is 0. The lowest BCUT2D eigenvalue weighted by Gasteiger charge is -2.22. The Morgan fingerprint density at radius 1 is 1.42 bits per heavy atom. The highest BCUT2D eigenvalue weighted by molar-refractivity contribution is 5.82. The van der Waals surface area contributed by atoms with Crippen LogP contribution < -0.4 is 10.6 Å². The van der Waals surface area contributed by atoms with Crippen LogP contribution in [0.25, 0.3) is 0 Å². The van der Waals surface area contributed by atoms with E-state index < -0.39 is 0 Å². The van der Waals surface area contributed by atoms with Crippen molar-refractivity contribution in [1.29, 1.82) is 0 Å². The summed E-state index contributed by atoms with van der Waals surface area (Å²) in [5.41, 5.74) is 0.646. The maximum Gasteiger partial charge on any atom is 0.227 e. The zero-order chi connectivity index (χ0) is 13.9. The molecule has 0 aliphatic carbocycles.